The Morgan fingerprint density at radius 1 is 0.947 bits per heavy atom. The maximum absolute atomic E-state index is 11.3. The average molecular weight is 268 g/mol. The van der Waals surface area contributed by atoms with Gasteiger partial charge < -0.3 is 4.74 Å². The van der Waals surface area contributed by atoms with Crippen molar-refractivity contribution in [3.8, 4) is 0 Å². The highest BCUT2D eigenvalue weighted by atomic mass is 16.5. The molecule has 0 heterocycles. The van der Waals surface area contributed by atoms with Crippen LogP contribution in [0.2, 0.25) is 0 Å². The van der Waals surface area contributed by atoms with E-state index >= 15 is 0 Å². The van der Waals surface area contributed by atoms with E-state index in [2.05, 4.69) is 20.4 Å². The van der Waals surface area contributed by atoms with Crippen LogP contribution < -0.4 is 0 Å². The first-order chi connectivity index (χ1) is 9.24. The van der Waals surface area contributed by atoms with Gasteiger partial charge in [0, 0.05) is 6.08 Å². The van der Waals surface area contributed by atoms with Gasteiger partial charge in [0.25, 0.3) is 0 Å². The second-order valence-corrected chi connectivity index (χ2v) is 5.32. The zero-order valence-corrected chi connectivity index (χ0v) is 13.0. The molecular weight excluding hydrogens is 236 g/mol. The Morgan fingerprint density at radius 3 is 2.00 bits per heavy atom. The van der Waals surface area contributed by atoms with Gasteiger partial charge in [0.15, 0.2) is 0 Å². The predicted molar refractivity (Wildman–Crippen MR) is 82.2 cm³/mol. The number of esters is 1. The molecular formula is C17H32O2. The topological polar surface area (TPSA) is 26.3 Å². The molecule has 0 spiro atoms. The summed E-state index contributed by atoms with van der Waals surface area (Å²) >= 11 is 0. The lowest BCUT2D eigenvalue weighted by molar-refractivity contribution is -0.143. The number of carbonyl (C=O) groups is 1. The van der Waals surface area contributed by atoms with E-state index in [4.69, 9.17) is 4.74 Å². The SMILES string of the molecule is C=CC(=O)OC(CCCCC)CCCCCCCC. The fourth-order valence-corrected chi connectivity index (χ4v) is 2.25. The van der Waals surface area contributed by atoms with E-state index in [1.165, 1.54) is 57.4 Å². The number of hydrogen-bond donors (Lipinski definition) is 0. The van der Waals surface area contributed by atoms with E-state index in [1.54, 1.807) is 0 Å². The van der Waals surface area contributed by atoms with Crippen molar-refractivity contribution in [1.29, 1.82) is 0 Å². The van der Waals surface area contributed by atoms with Crippen LogP contribution in [0.4, 0.5) is 0 Å². The molecule has 2 nitrogen and oxygen atoms in total. The summed E-state index contributed by atoms with van der Waals surface area (Å²) in [4.78, 5) is 11.3. The quantitative estimate of drug-likeness (QED) is 0.253. The maximum Gasteiger partial charge on any atom is 0.330 e. The van der Waals surface area contributed by atoms with E-state index < -0.39 is 0 Å². The highest BCUT2D eigenvalue weighted by Gasteiger charge is 2.11. The Balaban J connectivity index is 3.77. The molecule has 0 bridgehead atoms. The molecule has 19 heavy (non-hydrogen) atoms. The van der Waals surface area contributed by atoms with E-state index in [1.807, 2.05) is 0 Å². The Kier molecular flexibility index (Phi) is 13.1. The van der Waals surface area contributed by atoms with Crippen molar-refractivity contribution >= 4 is 5.97 Å². The third-order valence-corrected chi connectivity index (χ3v) is 3.46. The number of unbranched alkanes of at least 4 members (excludes halogenated alkanes) is 7. The molecule has 0 aliphatic rings. The van der Waals surface area contributed by atoms with Crippen molar-refractivity contribution in [1.82, 2.24) is 0 Å². The van der Waals surface area contributed by atoms with Gasteiger partial charge in [0.2, 0.25) is 0 Å². The minimum atomic E-state index is -0.271. The van der Waals surface area contributed by atoms with Crippen molar-refractivity contribution in [2.24, 2.45) is 0 Å². The Morgan fingerprint density at radius 2 is 1.42 bits per heavy atom. The first-order valence-electron chi connectivity index (χ1n) is 8.07. The van der Waals surface area contributed by atoms with Gasteiger partial charge in [-0.05, 0) is 25.7 Å². The fraction of sp³-hybridized carbons (Fsp3) is 0.824. The van der Waals surface area contributed by atoms with Gasteiger partial charge in [-0.15, -0.1) is 0 Å². The van der Waals surface area contributed by atoms with Crippen LogP contribution >= 0.6 is 0 Å². The van der Waals surface area contributed by atoms with Crippen LogP contribution in [-0.2, 0) is 9.53 Å². The first-order valence-corrected chi connectivity index (χ1v) is 8.07. The summed E-state index contributed by atoms with van der Waals surface area (Å²) in [5, 5.41) is 0. The Hall–Kier alpha value is -0.790. The standard InChI is InChI=1S/C17H32O2/c1-4-7-9-10-11-13-15-16(14-12-8-5-2)19-17(18)6-3/h6,16H,3-5,7-15H2,1-2H3. The van der Waals surface area contributed by atoms with Crippen LogP contribution in [0.3, 0.4) is 0 Å². The third-order valence-electron chi connectivity index (χ3n) is 3.46. The zero-order valence-electron chi connectivity index (χ0n) is 13.0. The molecule has 1 atom stereocenters. The summed E-state index contributed by atoms with van der Waals surface area (Å²) in [5.41, 5.74) is 0. The van der Waals surface area contributed by atoms with Crippen LogP contribution in [0.5, 0.6) is 0 Å². The molecule has 0 aromatic carbocycles. The largest absolute Gasteiger partial charge is 0.459 e. The van der Waals surface area contributed by atoms with E-state index in [0.717, 1.165) is 19.3 Å². The van der Waals surface area contributed by atoms with E-state index in [-0.39, 0.29) is 12.1 Å². The van der Waals surface area contributed by atoms with Gasteiger partial charge in [-0.2, -0.15) is 0 Å². The van der Waals surface area contributed by atoms with Crippen molar-refractivity contribution in [3.63, 3.8) is 0 Å². The van der Waals surface area contributed by atoms with Gasteiger partial charge in [0.05, 0.1) is 0 Å². The van der Waals surface area contributed by atoms with Crippen LogP contribution in [0, 0.1) is 0 Å². The van der Waals surface area contributed by atoms with E-state index in [9.17, 15) is 4.79 Å². The van der Waals surface area contributed by atoms with Crippen LogP contribution in [0.15, 0.2) is 12.7 Å². The Bertz CT molecular complexity index is 223. The van der Waals surface area contributed by atoms with Crippen LogP contribution in [0.1, 0.15) is 84.5 Å². The second kappa shape index (κ2) is 13.6. The van der Waals surface area contributed by atoms with Gasteiger partial charge in [0.1, 0.15) is 6.10 Å². The molecule has 0 fully saturated rings. The molecule has 0 aromatic rings. The summed E-state index contributed by atoms with van der Waals surface area (Å²) in [6.45, 7) is 7.89. The molecule has 1 unspecified atom stereocenters. The van der Waals surface area contributed by atoms with Gasteiger partial charge >= 0.3 is 5.97 Å². The summed E-state index contributed by atoms with van der Waals surface area (Å²) < 4.78 is 5.42. The number of hydrogen-bond acceptors (Lipinski definition) is 2. The monoisotopic (exact) mass is 268 g/mol. The number of ether oxygens (including phenoxy) is 1. The molecule has 0 amide bonds. The lowest BCUT2D eigenvalue weighted by Gasteiger charge is -2.16. The van der Waals surface area contributed by atoms with Crippen molar-refractivity contribution < 1.29 is 9.53 Å². The predicted octanol–water partition coefficient (Wildman–Crippen LogP) is 5.42. The molecule has 0 aromatic heterocycles. The summed E-state index contributed by atoms with van der Waals surface area (Å²) in [5.74, 6) is -0.271. The highest BCUT2D eigenvalue weighted by Crippen LogP contribution is 2.15. The molecule has 0 saturated carbocycles. The van der Waals surface area contributed by atoms with Crippen molar-refractivity contribution in [2.75, 3.05) is 0 Å². The minimum Gasteiger partial charge on any atom is -0.459 e. The number of carbonyl (C=O) groups excluding carboxylic acids is 1. The maximum atomic E-state index is 11.3. The van der Waals surface area contributed by atoms with Crippen LogP contribution in [-0.4, -0.2) is 12.1 Å². The molecule has 0 aliphatic heterocycles. The lowest BCUT2D eigenvalue weighted by Crippen LogP contribution is -2.16. The first kappa shape index (κ1) is 18.2. The Labute approximate surface area is 119 Å². The fourth-order valence-electron chi connectivity index (χ4n) is 2.25. The van der Waals surface area contributed by atoms with Gasteiger partial charge in [-0.1, -0.05) is 65.4 Å². The van der Waals surface area contributed by atoms with Crippen LogP contribution in [0.25, 0.3) is 0 Å². The molecule has 0 saturated heterocycles. The van der Waals surface area contributed by atoms with E-state index in [0.29, 0.717) is 0 Å². The molecule has 0 aliphatic carbocycles. The second-order valence-electron chi connectivity index (χ2n) is 5.32. The van der Waals surface area contributed by atoms with Crippen molar-refractivity contribution in [3.05, 3.63) is 12.7 Å². The molecule has 0 rings (SSSR count). The number of rotatable bonds is 13. The van der Waals surface area contributed by atoms with Gasteiger partial charge in [-0.3, -0.25) is 0 Å². The summed E-state index contributed by atoms with van der Waals surface area (Å²) in [6.07, 6.45) is 14.7. The van der Waals surface area contributed by atoms with Crippen molar-refractivity contribution in [2.45, 2.75) is 90.6 Å². The highest BCUT2D eigenvalue weighted by molar-refractivity contribution is 5.81. The normalized spacial score (nSPS) is 12.1. The molecule has 2 heteroatoms. The smallest absolute Gasteiger partial charge is 0.330 e. The summed E-state index contributed by atoms with van der Waals surface area (Å²) in [6, 6.07) is 0. The lowest BCUT2D eigenvalue weighted by atomic mass is 10.0. The third kappa shape index (κ3) is 12.0. The average Bonchev–Trinajstić information content (AvgIpc) is 2.42. The molecule has 112 valence electrons. The zero-order chi connectivity index (χ0) is 14.3. The minimum absolute atomic E-state index is 0.100. The molecule has 0 N–H and O–H groups in total. The van der Waals surface area contributed by atoms with Gasteiger partial charge in [-0.25, -0.2) is 4.79 Å². The molecule has 0 radical (unpaired) electrons. The summed E-state index contributed by atoms with van der Waals surface area (Å²) in [7, 11) is 0.